The van der Waals surface area contributed by atoms with Gasteiger partial charge in [-0.15, -0.1) is 0 Å². The van der Waals surface area contributed by atoms with Crippen LogP contribution in [-0.2, 0) is 9.59 Å². The van der Waals surface area contributed by atoms with E-state index in [0.717, 1.165) is 43.8 Å². The first-order valence-electron chi connectivity index (χ1n) is 10.2. The quantitative estimate of drug-likeness (QED) is 0.800. The van der Waals surface area contributed by atoms with E-state index in [9.17, 15) is 14.7 Å². The molecule has 1 unspecified atom stereocenters. The zero-order valence-electron chi connectivity index (χ0n) is 15.0. The number of carbonyl (C=O) groups is 2. The molecule has 0 heterocycles. The minimum atomic E-state index is -0.459. The van der Waals surface area contributed by atoms with E-state index in [4.69, 9.17) is 0 Å². The average Bonchev–Trinajstić information content (AvgIpc) is 3.00. The number of carbonyl (C=O) groups excluding carboxylic acids is 2. The predicted molar refractivity (Wildman–Crippen MR) is 92.3 cm³/mol. The summed E-state index contributed by atoms with van der Waals surface area (Å²) in [4.78, 5) is 24.5. The molecule has 3 heteroatoms. The number of Topliss-reactive ketones (excluding diaryl/α,β-unsaturated/α-hetero) is 1. The molecule has 0 bridgehead atoms. The minimum Gasteiger partial charge on any atom is -0.389 e. The Morgan fingerprint density at radius 3 is 2.62 bits per heavy atom. The third kappa shape index (κ3) is 2.12. The molecule has 4 fully saturated rings. The Labute approximate surface area is 145 Å². The Bertz CT molecular complexity index is 529. The molecule has 4 aliphatic rings. The van der Waals surface area contributed by atoms with Crippen molar-refractivity contribution in [2.45, 2.75) is 71.1 Å². The number of hydrogen-bond donors (Lipinski definition) is 1. The summed E-state index contributed by atoms with van der Waals surface area (Å²) < 4.78 is 0. The van der Waals surface area contributed by atoms with Crippen LogP contribution in [0.4, 0.5) is 0 Å². The van der Waals surface area contributed by atoms with Crippen molar-refractivity contribution in [1.82, 2.24) is 0 Å². The fraction of sp³-hybridized carbons (Fsp3) is 0.905. The van der Waals surface area contributed by atoms with Crippen molar-refractivity contribution in [3.8, 4) is 0 Å². The van der Waals surface area contributed by atoms with E-state index in [1.54, 1.807) is 0 Å². The molecule has 0 aliphatic heterocycles. The van der Waals surface area contributed by atoms with Crippen molar-refractivity contribution in [1.29, 1.82) is 0 Å². The van der Waals surface area contributed by atoms with Crippen LogP contribution in [0.5, 0.6) is 0 Å². The minimum absolute atomic E-state index is 0.0967. The van der Waals surface area contributed by atoms with Crippen LogP contribution in [0.1, 0.15) is 71.1 Å². The van der Waals surface area contributed by atoms with Gasteiger partial charge in [-0.3, -0.25) is 4.79 Å². The molecule has 4 aliphatic carbocycles. The van der Waals surface area contributed by atoms with E-state index < -0.39 is 12.0 Å². The van der Waals surface area contributed by atoms with Crippen LogP contribution < -0.4 is 0 Å². The lowest BCUT2D eigenvalue weighted by Crippen LogP contribution is -2.54. The highest BCUT2D eigenvalue weighted by Gasteiger charge is 2.62. The topological polar surface area (TPSA) is 54.4 Å². The first-order valence-corrected chi connectivity index (χ1v) is 10.2. The fourth-order valence-corrected chi connectivity index (χ4v) is 7.82. The van der Waals surface area contributed by atoms with Gasteiger partial charge in [0.1, 0.15) is 12.9 Å². The maximum absolute atomic E-state index is 12.3. The van der Waals surface area contributed by atoms with E-state index in [1.807, 2.05) is 0 Å². The second-order valence-electron chi connectivity index (χ2n) is 9.43. The number of aldehydes is 1. The number of aliphatic hydroxyl groups is 1. The maximum Gasteiger partial charge on any atom is 0.162 e. The molecule has 3 nitrogen and oxygen atoms in total. The molecule has 7 atom stereocenters. The Morgan fingerprint density at radius 2 is 1.88 bits per heavy atom. The molecule has 0 spiro atoms. The highest BCUT2D eigenvalue weighted by molar-refractivity contribution is 5.87. The van der Waals surface area contributed by atoms with Crippen molar-refractivity contribution in [3.63, 3.8) is 0 Å². The van der Waals surface area contributed by atoms with Crippen molar-refractivity contribution in [2.75, 3.05) is 6.61 Å². The number of rotatable bonds is 3. The smallest absolute Gasteiger partial charge is 0.162 e. The maximum atomic E-state index is 12.3. The molecular formula is C21H32O3. The molecule has 0 amide bonds. The van der Waals surface area contributed by atoms with Gasteiger partial charge in [0.05, 0.1) is 0 Å². The van der Waals surface area contributed by atoms with E-state index >= 15 is 0 Å². The van der Waals surface area contributed by atoms with Crippen molar-refractivity contribution < 1.29 is 14.7 Å². The Kier molecular flexibility index (Phi) is 4.14. The molecule has 0 aromatic heterocycles. The van der Waals surface area contributed by atoms with E-state index in [1.165, 1.54) is 38.5 Å². The third-order valence-corrected chi connectivity index (χ3v) is 8.94. The molecule has 0 saturated heterocycles. The number of aliphatic hydroxyl groups excluding tert-OH is 1. The summed E-state index contributed by atoms with van der Waals surface area (Å²) >= 11 is 0. The van der Waals surface area contributed by atoms with Crippen LogP contribution in [0.15, 0.2) is 0 Å². The summed E-state index contributed by atoms with van der Waals surface area (Å²) in [5, 5.41) is 9.36. The number of ketones is 1. The number of fused-ring (bicyclic) bond motifs is 5. The van der Waals surface area contributed by atoms with Crippen LogP contribution in [0.2, 0.25) is 0 Å². The lowest BCUT2D eigenvalue weighted by molar-refractivity contribution is -0.148. The van der Waals surface area contributed by atoms with Gasteiger partial charge in [0.2, 0.25) is 0 Å². The van der Waals surface area contributed by atoms with Gasteiger partial charge in [0.15, 0.2) is 5.78 Å². The van der Waals surface area contributed by atoms with Crippen molar-refractivity contribution >= 4 is 12.1 Å². The van der Waals surface area contributed by atoms with Gasteiger partial charge in [-0.05, 0) is 80.5 Å². The average molecular weight is 332 g/mol. The summed E-state index contributed by atoms with van der Waals surface area (Å²) in [6.07, 6.45) is 13.0. The van der Waals surface area contributed by atoms with E-state index in [0.29, 0.717) is 17.3 Å². The second-order valence-corrected chi connectivity index (χ2v) is 9.43. The molecule has 134 valence electrons. The molecule has 4 rings (SSSR count). The Balaban J connectivity index is 1.65. The standard InChI is InChI=1S/C21H32O3/c1-20-10-3-2-4-14(20)5-6-15-16(20)9-11-21(13-23)17(15)7-8-18(21)19(24)12-22/h13-18,22H,2-12H2,1H3/t14?,15-,16+,17+,18-,20+,21-/m1/s1. The SMILES string of the molecule is C[C@]12CCCCC1CC[C@H]1[C@@H]3CC[C@H](C(=O)CO)[C@@]3(C=O)CC[C@@H]12. The molecule has 0 aromatic rings. The zero-order valence-corrected chi connectivity index (χ0v) is 15.0. The summed E-state index contributed by atoms with van der Waals surface area (Å²) in [5.41, 5.74) is 0.00806. The highest BCUT2D eigenvalue weighted by atomic mass is 16.3. The fourth-order valence-electron chi connectivity index (χ4n) is 7.82. The van der Waals surface area contributed by atoms with E-state index in [-0.39, 0.29) is 11.7 Å². The largest absolute Gasteiger partial charge is 0.389 e. The summed E-state index contributed by atoms with van der Waals surface area (Å²) in [7, 11) is 0. The summed E-state index contributed by atoms with van der Waals surface area (Å²) in [6.45, 7) is 2.13. The molecule has 1 N–H and O–H groups in total. The van der Waals surface area contributed by atoms with Crippen LogP contribution in [0.3, 0.4) is 0 Å². The molecule has 4 saturated carbocycles. The second kappa shape index (κ2) is 5.93. The lowest BCUT2D eigenvalue weighted by atomic mass is 9.44. The van der Waals surface area contributed by atoms with Gasteiger partial charge < -0.3 is 9.90 Å². The first kappa shape index (κ1) is 16.8. The van der Waals surface area contributed by atoms with Gasteiger partial charge in [0.25, 0.3) is 0 Å². The molecule has 0 radical (unpaired) electrons. The van der Waals surface area contributed by atoms with Gasteiger partial charge in [0, 0.05) is 11.3 Å². The third-order valence-electron chi connectivity index (χ3n) is 8.94. The Hall–Kier alpha value is -0.700. The van der Waals surface area contributed by atoms with Gasteiger partial charge >= 0.3 is 0 Å². The monoisotopic (exact) mass is 332 g/mol. The van der Waals surface area contributed by atoms with Crippen molar-refractivity contribution in [2.24, 2.45) is 40.4 Å². The lowest BCUT2D eigenvalue weighted by Gasteiger charge is -2.60. The van der Waals surface area contributed by atoms with Gasteiger partial charge in [-0.2, -0.15) is 0 Å². The number of hydrogen-bond acceptors (Lipinski definition) is 3. The van der Waals surface area contributed by atoms with E-state index in [2.05, 4.69) is 6.92 Å². The van der Waals surface area contributed by atoms with Gasteiger partial charge in [-0.25, -0.2) is 0 Å². The first-order chi connectivity index (χ1) is 11.6. The van der Waals surface area contributed by atoms with Crippen LogP contribution >= 0.6 is 0 Å². The predicted octanol–water partition coefficient (Wildman–Crippen LogP) is 3.78. The van der Waals surface area contributed by atoms with Crippen molar-refractivity contribution in [3.05, 3.63) is 0 Å². The molecular weight excluding hydrogens is 300 g/mol. The zero-order chi connectivity index (χ0) is 16.9. The van der Waals surface area contributed by atoms with Crippen LogP contribution in [0.25, 0.3) is 0 Å². The molecule has 24 heavy (non-hydrogen) atoms. The van der Waals surface area contributed by atoms with Crippen LogP contribution in [0, 0.1) is 40.4 Å². The Morgan fingerprint density at radius 1 is 1.04 bits per heavy atom. The van der Waals surface area contributed by atoms with Crippen LogP contribution in [-0.4, -0.2) is 23.8 Å². The summed E-state index contributed by atoms with van der Waals surface area (Å²) in [6, 6.07) is 0. The molecule has 0 aromatic carbocycles. The van der Waals surface area contributed by atoms with Gasteiger partial charge in [-0.1, -0.05) is 19.8 Å². The highest BCUT2D eigenvalue weighted by Crippen LogP contribution is 2.67. The normalized spacial score (nSPS) is 50.5. The summed E-state index contributed by atoms with van der Waals surface area (Å²) in [5.74, 6) is 2.32.